The van der Waals surface area contributed by atoms with Gasteiger partial charge in [-0.3, -0.25) is 10.1 Å². The highest BCUT2D eigenvalue weighted by Gasteiger charge is 2.26. The Balaban J connectivity index is 1.55. The van der Waals surface area contributed by atoms with Crippen molar-refractivity contribution in [2.45, 2.75) is 6.92 Å². The molecule has 0 spiro atoms. The van der Waals surface area contributed by atoms with Gasteiger partial charge in [-0.1, -0.05) is 0 Å². The highest BCUT2D eigenvalue weighted by Crippen LogP contribution is 2.47. The number of hydrogen-bond donors (Lipinski definition) is 3. The van der Waals surface area contributed by atoms with E-state index in [1.165, 1.54) is 32.7 Å². The molecule has 0 saturated heterocycles. The average Bonchev–Trinajstić information content (AvgIpc) is 3.60. The van der Waals surface area contributed by atoms with Crippen LogP contribution in [0, 0.1) is 11.3 Å². The van der Waals surface area contributed by atoms with Gasteiger partial charge in [0, 0.05) is 21.9 Å². The molecule has 0 aliphatic heterocycles. The number of anilines is 3. The molecule has 0 fully saturated rings. The highest BCUT2D eigenvalue weighted by atomic mass is 32.1. The van der Waals surface area contributed by atoms with E-state index in [9.17, 15) is 10.1 Å². The Labute approximate surface area is 249 Å². The summed E-state index contributed by atoms with van der Waals surface area (Å²) in [5.41, 5.74) is 15.6. The van der Waals surface area contributed by atoms with Gasteiger partial charge in [-0.05, 0) is 48.9 Å². The lowest BCUT2D eigenvalue weighted by atomic mass is 9.96. The van der Waals surface area contributed by atoms with Gasteiger partial charge < -0.3 is 30.4 Å². The number of nitriles is 1. The summed E-state index contributed by atoms with van der Waals surface area (Å²) >= 11 is 2.35. The first-order chi connectivity index (χ1) is 20.3. The average molecular weight is 603 g/mol. The lowest BCUT2D eigenvalue weighted by Crippen LogP contribution is -2.11. The number of nitrogen functional groups attached to an aromatic ring is 2. The van der Waals surface area contributed by atoms with Crippen LogP contribution < -0.4 is 35.7 Å². The van der Waals surface area contributed by atoms with Crippen molar-refractivity contribution in [1.29, 1.82) is 5.26 Å². The van der Waals surface area contributed by atoms with Gasteiger partial charge in [0.25, 0.3) is 5.91 Å². The van der Waals surface area contributed by atoms with E-state index in [0.717, 1.165) is 22.6 Å². The highest BCUT2D eigenvalue weighted by molar-refractivity contribution is 7.21. The molecule has 42 heavy (non-hydrogen) atoms. The molecule has 1 amide bonds. The van der Waals surface area contributed by atoms with Gasteiger partial charge in [-0.2, -0.15) is 5.26 Å². The molecule has 2 aromatic carbocycles. The second-order valence-electron chi connectivity index (χ2n) is 8.75. The van der Waals surface area contributed by atoms with Crippen molar-refractivity contribution >= 4 is 55.4 Å². The van der Waals surface area contributed by atoms with Crippen molar-refractivity contribution in [3.8, 4) is 51.5 Å². The third kappa shape index (κ3) is 5.09. The summed E-state index contributed by atoms with van der Waals surface area (Å²) < 4.78 is 22.0. The van der Waals surface area contributed by atoms with E-state index in [-0.39, 0.29) is 21.9 Å². The molecular weight excluding hydrogens is 576 g/mol. The molecule has 5 rings (SSSR count). The molecule has 0 aliphatic rings. The number of pyridine rings is 1. The topological polar surface area (TPSA) is 168 Å². The van der Waals surface area contributed by atoms with Gasteiger partial charge in [0.15, 0.2) is 16.6 Å². The van der Waals surface area contributed by atoms with E-state index in [1.807, 2.05) is 36.6 Å². The number of thiazole rings is 1. The fourth-order valence-electron chi connectivity index (χ4n) is 4.47. The molecule has 0 radical (unpaired) electrons. The van der Waals surface area contributed by atoms with Crippen LogP contribution in [0.2, 0.25) is 0 Å². The molecule has 13 heteroatoms. The van der Waals surface area contributed by atoms with Crippen LogP contribution in [-0.2, 0) is 0 Å². The minimum absolute atomic E-state index is 0.00174. The molecule has 0 aliphatic carbocycles. The third-order valence-corrected chi connectivity index (χ3v) is 8.22. The van der Waals surface area contributed by atoms with E-state index >= 15 is 0 Å². The van der Waals surface area contributed by atoms with Crippen LogP contribution in [0.25, 0.3) is 32.6 Å². The van der Waals surface area contributed by atoms with Gasteiger partial charge in [-0.15, -0.1) is 22.7 Å². The Kier molecular flexibility index (Phi) is 8.01. The predicted octanol–water partition coefficient (Wildman–Crippen LogP) is 5.80. The Hall–Kier alpha value is -5.06. The minimum Gasteiger partial charge on any atom is -0.494 e. The number of nitrogens with one attached hydrogen (secondary N) is 1. The number of nitrogens with zero attached hydrogens (tertiary/aromatic N) is 3. The van der Waals surface area contributed by atoms with Crippen molar-refractivity contribution in [3.05, 3.63) is 52.2 Å². The maximum absolute atomic E-state index is 13.4. The molecule has 11 nitrogen and oxygen atoms in total. The molecule has 0 atom stereocenters. The summed E-state index contributed by atoms with van der Waals surface area (Å²) in [6, 6.07) is 13.0. The van der Waals surface area contributed by atoms with Crippen molar-refractivity contribution in [3.63, 3.8) is 0 Å². The molecule has 214 valence electrons. The fraction of sp³-hybridized carbons (Fsp3) is 0.172. The Bertz CT molecular complexity index is 1820. The molecule has 0 saturated carbocycles. The number of nitrogens with two attached hydrogens (primary N) is 2. The van der Waals surface area contributed by atoms with Crippen molar-refractivity contribution in [1.82, 2.24) is 9.97 Å². The Morgan fingerprint density at radius 1 is 1.02 bits per heavy atom. The zero-order valence-corrected chi connectivity index (χ0v) is 24.7. The number of aromatic nitrogens is 2. The Morgan fingerprint density at radius 3 is 2.31 bits per heavy atom. The largest absolute Gasteiger partial charge is 0.494 e. The van der Waals surface area contributed by atoms with Gasteiger partial charge in [0.1, 0.15) is 32.9 Å². The van der Waals surface area contributed by atoms with Crippen LogP contribution >= 0.6 is 22.7 Å². The number of rotatable bonds is 9. The zero-order valence-electron chi connectivity index (χ0n) is 23.1. The molecule has 0 bridgehead atoms. The maximum Gasteiger partial charge on any atom is 0.269 e. The molecule has 3 aromatic heterocycles. The molecular formula is C29H26N6O5S2. The third-order valence-electron chi connectivity index (χ3n) is 6.36. The number of thiophene rings is 1. The van der Waals surface area contributed by atoms with Crippen LogP contribution in [-0.4, -0.2) is 43.8 Å². The summed E-state index contributed by atoms with van der Waals surface area (Å²) in [6.45, 7) is 2.51. The fourth-order valence-corrected chi connectivity index (χ4v) is 6.19. The van der Waals surface area contributed by atoms with Crippen molar-refractivity contribution in [2.24, 2.45) is 0 Å². The first-order valence-corrected chi connectivity index (χ1v) is 14.2. The molecule has 5 aromatic rings. The lowest BCUT2D eigenvalue weighted by Gasteiger charge is -2.16. The molecule has 0 unspecified atom stereocenters. The monoisotopic (exact) mass is 602 g/mol. The van der Waals surface area contributed by atoms with E-state index in [0.29, 0.717) is 56.0 Å². The number of carbonyl (C=O) groups excluding carboxylic acids is 1. The summed E-state index contributed by atoms with van der Waals surface area (Å²) in [5, 5.41) is 15.5. The number of methoxy groups -OCH3 is 3. The molecule has 3 heterocycles. The molecule has 5 N–H and O–H groups in total. The van der Waals surface area contributed by atoms with E-state index in [1.54, 1.807) is 12.1 Å². The number of amides is 1. The second-order valence-corrected chi connectivity index (χ2v) is 10.6. The van der Waals surface area contributed by atoms with Crippen LogP contribution in [0.5, 0.6) is 23.0 Å². The van der Waals surface area contributed by atoms with E-state index in [4.69, 9.17) is 30.4 Å². The number of fused-ring (bicyclic) bond motifs is 1. The van der Waals surface area contributed by atoms with Crippen molar-refractivity contribution < 1.29 is 23.7 Å². The Morgan fingerprint density at radius 2 is 1.71 bits per heavy atom. The van der Waals surface area contributed by atoms with Gasteiger partial charge in [0.05, 0.1) is 39.3 Å². The van der Waals surface area contributed by atoms with E-state index in [2.05, 4.69) is 21.4 Å². The normalized spacial score (nSPS) is 10.7. The number of benzene rings is 2. The summed E-state index contributed by atoms with van der Waals surface area (Å²) in [7, 11) is 4.48. The number of carbonyl (C=O) groups is 1. The standard InChI is InChI=1S/C29H26N6O5S2/c1-5-40-16-8-6-14(7-9-16)18-13-41-29(33-18)35-27(36)25-23(31)22-21(17(12-30)26(32)34-28(22)42-25)15-10-19(37-2)24(39-4)20(11-15)38-3/h6-11,13H,5,31H2,1-4H3,(H2,32,34)(H,33,35,36). The lowest BCUT2D eigenvalue weighted by molar-refractivity contribution is 0.103. The minimum atomic E-state index is -0.462. The van der Waals surface area contributed by atoms with Crippen LogP contribution in [0.15, 0.2) is 41.8 Å². The smallest absolute Gasteiger partial charge is 0.269 e. The van der Waals surface area contributed by atoms with Gasteiger partial charge >= 0.3 is 0 Å². The zero-order chi connectivity index (χ0) is 30.0. The van der Waals surface area contributed by atoms with Crippen LogP contribution in [0.4, 0.5) is 16.6 Å². The summed E-state index contributed by atoms with van der Waals surface area (Å²) in [5.74, 6) is 1.44. The van der Waals surface area contributed by atoms with Gasteiger partial charge in [-0.25, -0.2) is 9.97 Å². The van der Waals surface area contributed by atoms with Gasteiger partial charge in [0.2, 0.25) is 5.75 Å². The predicted molar refractivity (Wildman–Crippen MR) is 165 cm³/mol. The quantitative estimate of drug-likeness (QED) is 0.187. The second kappa shape index (κ2) is 11.8. The number of ether oxygens (including phenoxy) is 4. The SMILES string of the molecule is CCOc1ccc(-c2csc(NC(=O)c3sc4nc(N)c(C#N)c(-c5cc(OC)c(OC)c(OC)c5)c4c3N)n2)cc1. The van der Waals surface area contributed by atoms with Crippen LogP contribution in [0.3, 0.4) is 0 Å². The number of hydrogen-bond acceptors (Lipinski definition) is 12. The maximum atomic E-state index is 13.4. The summed E-state index contributed by atoms with van der Waals surface area (Å²) in [6.07, 6.45) is 0. The van der Waals surface area contributed by atoms with Crippen molar-refractivity contribution in [2.75, 3.05) is 44.7 Å². The van der Waals surface area contributed by atoms with Crippen LogP contribution in [0.1, 0.15) is 22.2 Å². The summed E-state index contributed by atoms with van der Waals surface area (Å²) in [4.78, 5) is 23.0. The van der Waals surface area contributed by atoms with E-state index < -0.39 is 5.91 Å². The first kappa shape index (κ1) is 28.5. The first-order valence-electron chi connectivity index (χ1n) is 12.5.